The Morgan fingerprint density at radius 1 is 1.04 bits per heavy atom. The smallest absolute Gasteiger partial charge is 0.226 e. The third kappa shape index (κ3) is 6.24. The summed E-state index contributed by atoms with van der Waals surface area (Å²) < 4.78 is 0. The van der Waals surface area contributed by atoms with Gasteiger partial charge in [-0.3, -0.25) is 9.59 Å². The van der Waals surface area contributed by atoms with Crippen LogP contribution in [0.4, 0.5) is 5.69 Å². The molecule has 0 aromatic heterocycles. The zero-order valence-electron chi connectivity index (χ0n) is 13.6. The van der Waals surface area contributed by atoms with Crippen molar-refractivity contribution in [1.82, 2.24) is 4.90 Å². The predicted octanol–water partition coefficient (Wildman–Crippen LogP) is 5.02. The number of benzene rings is 2. The molecule has 2 aromatic carbocycles. The standard InChI is InChI=1S/C18H17Cl3N2O2/c1-12(24)23(11-13-4-2-3-5-17(13)21)7-6-18(25)22-16-9-14(19)8-15(20)10-16/h2-5,8-10H,6-7,11H2,1H3,(H,22,25). The van der Waals surface area contributed by atoms with Crippen LogP contribution in [0.2, 0.25) is 15.1 Å². The second kappa shape index (κ2) is 9.09. The first-order valence-corrected chi connectivity index (χ1v) is 8.73. The topological polar surface area (TPSA) is 49.4 Å². The lowest BCUT2D eigenvalue weighted by Gasteiger charge is -2.21. The molecule has 0 aliphatic rings. The van der Waals surface area contributed by atoms with Crippen LogP contribution in [0, 0.1) is 0 Å². The maximum Gasteiger partial charge on any atom is 0.226 e. The van der Waals surface area contributed by atoms with Gasteiger partial charge in [0.2, 0.25) is 11.8 Å². The van der Waals surface area contributed by atoms with Gasteiger partial charge < -0.3 is 10.2 Å². The number of halogens is 3. The van der Waals surface area contributed by atoms with E-state index in [1.54, 1.807) is 29.2 Å². The van der Waals surface area contributed by atoms with Gasteiger partial charge in [-0.1, -0.05) is 53.0 Å². The molecule has 0 saturated carbocycles. The van der Waals surface area contributed by atoms with Crippen molar-refractivity contribution in [2.75, 3.05) is 11.9 Å². The van der Waals surface area contributed by atoms with Crippen LogP contribution in [-0.2, 0) is 16.1 Å². The molecule has 0 heterocycles. The van der Waals surface area contributed by atoms with Crippen LogP contribution in [-0.4, -0.2) is 23.3 Å². The quantitative estimate of drug-likeness (QED) is 0.741. The molecular formula is C18H17Cl3N2O2. The molecule has 0 spiro atoms. The van der Waals surface area contributed by atoms with Crippen LogP contribution in [0.15, 0.2) is 42.5 Å². The van der Waals surface area contributed by atoms with Gasteiger partial charge >= 0.3 is 0 Å². The van der Waals surface area contributed by atoms with Gasteiger partial charge in [0.05, 0.1) is 0 Å². The zero-order chi connectivity index (χ0) is 18.4. The summed E-state index contributed by atoms with van der Waals surface area (Å²) in [5, 5.41) is 4.18. The highest BCUT2D eigenvalue weighted by molar-refractivity contribution is 6.35. The average molecular weight is 400 g/mol. The first kappa shape index (κ1) is 19.6. The van der Waals surface area contributed by atoms with Crippen molar-refractivity contribution < 1.29 is 9.59 Å². The third-order valence-corrected chi connectivity index (χ3v) is 4.32. The highest BCUT2D eigenvalue weighted by atomic mass is 35.5. The fraction of sp³-hybridized carbons (Fsp3) is 0.222. The molecule has 2 amide bonds. The highest BCUT2D eigenvalue weighted by Crippen LogP contribution is 2.22. The second-order valence-corrected chi connectivity index (χ2v) is 6.77. The minimum Gasteiger partial charge on any atom is -0.338 e. The molecule has 0 aliphatic carbocycles. The van der Waals surface area contributed by atoms with Crippen LogP contribution < -0.4 is 5.32 Å². The number of hydrogen-bond acceptors (Lipinski definition) is 2. The van der Waals surface area contributed by atoms with E-state index in [1.807, 2.05) is 18.2 Å². The van der Waals surface area contributed by atoms with Gasteiger partial charge in [-0.25, -0.2) is 0 Å². The van der Waals surface area contributed by atoms with Crippen molar-refractivity contribution in [3.8, 4) is 0 Å². The Balaban J connectivity index is 1.95. The number of rotatable bonds is 6. The van der Waals surface area contributed by atoms with E-state index < -0.39 is 0 Å². The van der Waals surface area contributed by atoms with E-state index in [1.165, 1.54) is 6.92 Å². The van der Waals surface area contributed by atoms with E-state index in [-0.39, 0.29) is 24.8 Å². The number of hydrogen-bond donors (Lipinski definition) is 1. The minimum atomic E-state index is -0.233. The molecule has 0 saturated heterocycles. The molecule has 7 heteroatoms. The Bertz CT molecular complexity index is 760. The van der Waals surface area contributed by atoms with Crippen molar-refractivity contribution in [3.05, 3.63) is 63.1 Å². The third-order valence-electron chi connectivity index (χ3n) is 3.52. The summed E-state index contributed by atoms with van der Waals surface area (Å²) in [5.74, 6) is -0.359. The molecule has 4 nitrogen and oxygen atoms in total. The Morgan fingerprint density at radius 3 is 2.28 bits per heavy atom. The van der Waals surface area contributed by atoms with Gasteiger partial charge in [0.15, 0.2) is 0 Å². The van der Waals surface area contributed by atoms with Gasteiger partial charge in [-0.2, -0.15) is 0 Å². The molecule has 0 atom stereocenters. The minimum absolute atomic E-state index is 0.126. The van der Waals surface area contributed by atoms with Crippen LogP contribution in [0.3, 0.4) is 0 Å². The van der Waals surface area contributed by atoms with Crippen molar-refractivity contribution in [1.29, 1.82) is 0 Å². The van der Waals surface area contributed by atoms with Crippen LogP contribution >= 0.6 is 34.8 Å². The van der Waals surface area contributed by atoms with Crippen molar-refractivity contribution in [2.45, 2.75) is 19.9 Å². The molecule has 2 aromatic rings. The number of carbonyl (C=O) groups excluding carboxylic acids is 2. The normalized spacial score (nSPS) is 10.4. The molecule has 25 heavy (non-hydrogen) atoms. The number of nitrogens with zero attached hydrogens (tertiary/aromatic N) is 1. The zero-order valence-corrected chi connectivity index (χ0v) is 15.8. The second-order valence-electron chi connectivity index (χ2n) is 5.49. The fourth-order valence-electron chi connectivity index (χ4n) is 2.27. The van der Waals surface area contributed by atoms with E-state index in [9.17, 15) is 9.59 Å². The summed E-state index contributed by atoms with van der Waals surface area (Å²) >= 11 is 17.9. The molecule has 2 rings (SSSR count). The van der Waals surface area contributed by atoms with Gasteiger partial charge in [0.25, 0.3) is 0 Å². The number of nitrogens with one attached hydrogen (secondary N) is 1. The summed E-state index contributed by atoms with van der Waals surface area (Å²) in [5.41, 5.74) is 1.35. The highest BCUT2D eigenvalue weighted by Gasteiger charge is 2.13. The maximum atomic E-state index is 12.1. The van der Waals surface area contributed by atoms with Crippen LogP contribution in [0.1, 0.15) is 18.9 Å². The number of amides is 2. The van der Waals surface area contributed by atoms with E-state index >= 15 is 0 Å². The van der Waals surface area contributed by atoms with Gasteiger partial charge in [0.1, 0.15) is 0 Å². The Labute approximate surface area is 161 Å². The number of anilines is 1. The lowest BCUT2D eigenvalue weighted by molar-refractivity contribution is -0.129. The van der Waals surface area contributed by atoms with Gasteiger partial charge in [-0.15, -0.1) is 0 Å². The van der Waals surface area contributed by atoms with Gasteiger partial charge in [-0.05, 0) is 29.8 Å². The monoisotopic (exact) mass is 398 g/mol. The summed E-state index contributed by atoms with van der Waals surface area (Å²) in [6.07, 6.45) is 0.147. The van der Waals surface area contributed by atoms with Crippen molar-refractivity contribution in [3.63, 3.8) is 0 Å². The molecule has 0 unspecified atom stereocenters. The summed E-state index contributed by atoms with van der Waals surface area (Å²) in [4.78, 5) is 25.5. The summed E-state index contributed by atoms with van der Waals surface area (Å²) in [7, 11) is 0. The van der Waals surface area contributed by atoms with E-state index in [2.05, 4.69) is 5.32 Å². The van der Waals surface area contributed by atoms with Crippen molar-refractivity contribution in [2.24, 2.45) is 0 Å². The Kier molecular flexibility index (Phi) is 7.12. The first-order valence-electron chi connectivity index (χ1n) is 7.60. The van der Waals surface area contributed by atoms with Crippen LogP contribution in [0.25, 0.3) is 0 Å². The van der Waals surface area contributed by atoms with E-state index in [4.69, 9.17) is 34.8 Å². The van der Waals surface area contributed by atoms with Crippen molar-refractivity contribution >= 4 is 52.3 Å². The van der Waals surface area contributed by atoms with Crippen LogP contribution in [0.5, 0.6) is 0 Å². The largest absolute Gasteiger partial charge is 0.338 e. The molecular weight excluding hydrogens is 383 g/mol. The Morgan fingerprint density at radius 2 is 1.68 bits per heavy atom. The van der Waals surface area contributed by atoms with E-state index in [0.717, 1.165) is 5.56 Å². The lowest BCUT2D eigenvalue weighted by atomic mass is 10.2. The fourth-order valence-corrected chi connectivity index (χ4v) is 2.99. The average Bonchev–Trinajstić information content (AvgIpc) is 2.51. The molecule has 0 bridgehead atoms. The lowest BCUT2D eigenvalue weighted by Crippen LogP contribution is -2.31. The van der Waals surface area contributed by atoms with Gasteiger partial charge in [0, 0.05) is 47.2 Å². The number of carbonyl (C=O) groups is 2. The summed E-state index contributed by atoms with van der Waals surface area (Å²) in [6, 6.07) is 12.1. The molecule has 0 fully saturated rings. The summed E-state index contributed by atoms with van der Waals surface area (Å²) in [6.45, 7) is 2.09. The molecule has 0 aliphatic heterocycles. The Hall–Kier alpha value is -1.75. The molecule has 0 radical (unpaired) electrons. The SMILES string of the molecule is CC(=O)N(CCC(=O)Nc1cc(Cl)cc(Cl)c1)Cc1ccccc1Cl. The maximum absolute atomic E-state index is 12.1. The predicted molar refractivity (Wildman–Crippen MR) is 102 cm³/mol. The first-order chi connectivity index (χ1) is 11.8. The molecule has 1 N–H and O–H groups in total. The molecule has 132 valence electrons. The van der Waals surface area contributed by atoms with E-state index in [0.29, 0.717) is 27.3 Å².